The SMILES string of the molecule is COc1ccc(COCCC(C)N2C(=O)CO[C@H](c3cc(F)cc(Cl)c3)[C@H]2c2ccc(Cl)cc2)cc1OC. The molecule has 0 spiro atoms. The Kier molecular flexibility index (Phi) is 9.49. The first-order valence-electron chi connectivity index (χ1n) is 12.2. The smallest absolute Gasteiger partial charge is 0.249 e. The van der Waals surface area contributed by atoms with Crippen molar-refractivity contribution in [3.8, 4) is 11.5 Å². The summed E-state index contributed by atoms with van der Waals surface area (Å²) in [7, 11) is 3.18. The van der Waals surface area contributed by atoms with E-state index in [4.69, 9.17) is 42.1 Å². The summed E-state index contributed by atoms with van der Waals surface area (Å²) in [5, 5.41) is 0.837. The molecule has 202 valence electrons. The summed E-state index contributed by atoms with van der Waals surface area (Å²) in [5.74, 6) is 0.662. The van der Waals surface area contributed by atoms with E-state index in [1.165, 1.54) is 12.1 Å². The van der Waals surface area contributed by atoms with E-state index in [0.29, 0.717) is 41.7 Å². The highest BCUT2D eigenvalue weighted by Gasteiger charge is 2.41. The lowest BCUT2D eigenvalue weighted by molar-refractivity contribution is -0.163. The third kappa shape index (κ3) is 6.59. The molecule has 0 bridgehead atoms. The Hall–Kier alpha value is -2.84. The number of nitrogens with zero attached hydrogens (tertiary/aromatic N) is 1. The van der Waals surface area contributed by atoms with Gasteiger partial charge in [0.15, 0.2) is 11.5 Å². The fourth-order valence-electron chi connectivity index (χ4n) is 4.71. The molecular formula is C29H30Cl2FNO5. The first kappa shape index (κ1) is 28.2. The van der Waals surface area contributed by atoms with Crippen LogP contribution in [0.5, 0.6) is 11.5 Å². The molecule has 0 N–H and O–H groups in total. The van der Waals surface area contributed by atoms with Crippen LogP contribution in [0.15, 0.2) is 60.7 Å². The van der Waals surface area contributed by atoms with Gasteiger partial charge in [0, 0.05) is 22.7 Å². The second-order valence-corrected chi connectivity index (χ2v) is 9.98. The predicted octanol–water partition coefficient (Wildman–Crippen LogP) is 6.79. The van der Waals surface area contributed by atoms with Crippen molar-refractivity contribution in [3.05, 3.63) is 93.2 Å². The van der Waals surface area contributed by atoms with Crippen molar-refractivity contribution >= 4 is 29.1 Å². The Balaban J connectivity index is 1.51. The molecule has 1 amide bonds. The van der Waals surface area contributed by atoms with E-state index < -0.39 is 18.0 Å². The average molecular weight is 562 g/mol. The van der Waals surface area contributed by atoms with Crippen molar-refractivity contribution in [1.82, 2.24) is 4.90 Å². The second kappa shape index (κ2) is 12.8. The van der Waals surface area contributed by atoms with E-state index in [-0.39, 0.29) is 23.6 Å². The van der Waals surface area contributed by atoms with Gasteiger partial charge >= 0.3 is 0 Å². The van der Waals surface area contributed by atoms with E-state index in [0.717, 1.165) is 11.1 Å². The van der Waals surface area contributed by atoms with Gasteiger partial charge in [-0.05, 0) is 72.5 Å². The Morgan fingerprint density at radius 3 is 2.39 bits per heavy atom. The lowest BCUT2D eigenvalue weighted by Gasteiger charge is -2.44. The number of carbonyl (C=O) groups excluding carboxylic acids is 1. The molecule has 3 atom stereocenters. The summed E-state index contributed by atoms with van der Waals surface area (Å²) in [6.45, 7) is 2.65. The normalized spacial score (nSPS) is 18.4. The zero-order valence-electron chi connectivity index (χ0n) is 21.5. The minimum atomic E-state index is -0.614. The zero-order chi connectivity index (χ0) is 27.2. The molecule has 3 aromatic rings. The van der Waals surface area contributed by atoms with Crippen LogP contribution in [0.1, 0.15) is 42.2 Å². The molecule has 6 nitrogen and oxygen atoms in total. The molecule has 4 rings (SSSR count). The molecule has 3 aromatic carbocycles. The predicted molar refractivity (Wildman–Crippen MR) is 144 cm³/mol. The third-order valence-electron chi connectivity index (χ3n) is 6.56. The van der Waals surface area contributed by atoms with Gasteiger partial charge in [-0.25, -0.2) is 4.39 Å². The van der Waals surface area contributed by atoms with Gasteiger partial charge in [-0.15, -0.1) is 0 Å². The van der Waals surface area contributed by atoms with Crippen LogP contribution in [0.2, 0.25) is 10.0 Å². The topological polar surface area (TPSA) is 57.2 Å². The van der Waals surface area contributed by atoms with Gasteiger partial charge in [0.1, 0.15) is 18.5 Å². The van der Waals surface area contributed by atoms with Crippen LogP contribution in [0, 0.1) is 5.82 Å². The Bertz CT molecular complexity index is 1240. The van der Waals surface area contributed by atoms with Crippen molar-refractivity contribution in [2.75, 3.05) is 27.4 Å². The first-order chi connectivity index (χ1) is 18.3. The standard InChI is InChI=1S/C29H30Cl2FNO5/c1-18(10-11-37-16-19-4-9-25(35-2)26(12-19)36-3)33-27(34)17-38-29(21-13-23(31)15-24(32)14-21)28(33)20-5-7-22(30)8-6-20/h4-9,12-15,18,28-29H,10-11,16-17H2,1-3H3/t18?,28-,29-/m1/s1. The molecule has 1 fully saturated rings. The van der Waals surface area contributed by atoms with Gasteiger partial charge in [-0.2, -0.15) is 0 Å². The minimum absolute atomic E-state index is 0.125. The second-order valence-electron chi connectivity index (χ2n) is 9.11. The number of halogens is 3. The Morgan fingerprint density at radius 1 is 0.974 bits per heavy atom. The van der Waals surface area contributed by atoms with Crippen molar-refractivity contribution in [1.29, 1.82) is 0 Å². The van der Waals surface area contributed by atoms with Gasteiger partial charge in [0.25, 0.3) is 0 Å². The largest absolute Gasteiger partial charge is 0.493 e. The molecule has 0 saturated carbocycles. The molecule has 0 radical (unpaired) electrons. The lowest BCUT2D eigenvalue weighted by atomic mass is 9.91. The minimum Gasteiger partial charge on any atom is -0.493 e. The molecule has 1 saturated heterocycles. The number of methoxy groups -OCH3 is 2. The number of amides is 1. The summed E-state index contributed by atoms with van der Waals surface area (Å²) >= 11 is 12.3. The maximum absolute atomic E-state index is 14.3. The fourth-order valence-corrected chi connectivity index (χ4v) is 5.07. The highest BCUT2D eigenvalue weighted by atomic mass is 35.5. The van der Waals surface area contributed by atoms with Crippen molar-refractivity contribution in [2.45, 2.75) is 38.1 Å². The number of carbonyl (C=O) groups is 1. The average Bonchev–Trinajstić information content (AvgIpc) is 2.90. The van der Waals surface area contributed by atoms with Crippen molar-refractivity contribution < 1.29 is 28.1 Å². The van der Waals surface area contributed by atoms with Crippen molar-refractivity contribution in [2.24, 2.45) is 0 Å². The summed E-state index contributed by atoms with van der Waals surface area (Å²) in [4.78, 5) is 15.0. The fraction of sp³-hybridized carbons (Fsp3) is 0.345. The number of morpholine rings is 1. The van der Waals surface area contributed by atoms with E-state index in [1.807, 2.05) is 37.3 Å². The van der Waals surface area contributed by atoms with Crippen LogP contribution in [0.3, 0.4) is 0 Å². The van der Waals surface area contributed by atoms with Crippen LogP contribution >= 0.6 is 23.2 Å². The van der Waals surface area contributed by atoms with Gasteiger partial charge in [0.05, 0.1) is 26.9 Å². The molecule has 0 aliphatic carbocycles. The summed E-state index contributed by atoms with van der Waals surface area (Å²) in [6.07, 6.45) is -0.0306. The molecular weight excluding hydrogens is 532 g/mol. The van der Waals surface area contributed by atoms with Gasteiger partial charge in [-0.1, -0.05) is 41.4 Å². The lowest BCUT2D eigenvalue weighted by Crippen LogP contribution is -2.50. The highest BCUT2D eigenvalue weighted by molar-refractivity contribution is 6.30. The highest BCUT2D eigenvalue weighted by Crippen LogP contribution is 2.42. The van der Waals surface area contributed by atoms with E-state index in [9.17, 15) is 9.18 Å². The van der Waals surface area contributed by atoms with Crippen LogP contribution in [-0.4, -0.2) is 44.3 Å². The number of rotatable bonds is 10. The number of ether oxygens (including phenoxy) is 4. The molecule has 1 aliphatic rings. The zero-order valence-corrected chi connectivity index (χ0v) is 23.0. The third-order valence-corrected chi connectivity index (χ3v) is 7.03. The molecule has 1 aliphatic heterocycles. The summed E-state index contributed by atoms with van der Waals surface area (Å²) in [5.41, 5.74) is 2.33. The Labute approximate surface area is 232 Å². The van der Waals surface area contributed by atoms with Crippen LogP contribution in [-0.2, 0) is 20.9 Å². The van der Waals surface area contributed by atoms with Gasteiger partial charge < -0.3 is 23.8 Å². The van der Waals surface area contributed by atoms with Crippen LogP contribution in [0.25, 0.3) is 0 Å². The maximum Gasteiger partial charge on any atom is 0.249 e. The quantitative estimate of drug-likeness (QED) is 0.255. The molecule has 9 heteroatoms. The molecule has 1 heterocycles. The molecule has 1 unspecified atom stereocenters. The number of hydrogen-bond acceptors (Lipinski definition) is 5. The molecule has 38 heavy (non-hydrogen) atoms. The summed E-state index contributed by atoms with van der Waals surface area (Å²) < 4.78 is 36.8. The van der Waals surface area contributed by atoms with E-state index in [1.54, 1.807) is 37.3 Å². The van der Waals surface area contributed by atoms with Crippen molar-refractivity contribution in [3.63, 3.8) is 0 Å². The van der Waals surface area contributed by atoms with Gasteiger partial charge in [0.2, 0.25) is 5.91 Å². The first-order valence-corrected chi connectivity index (χ1v) is 13.0. The van der Waals surface area contributed by atoms with Crippen LogP contribution in [0.4, 0.5) is 4.39 Å². The number of benzene rings is 3. The van der Waals surface area contributed by atoms with Crippen LogP contribution < -0.4 is 9.47 Å². The maximum atomic E-state index is 14.3. The Morgan fingerprint density at radius 2 is 1.71 bits per heavy atom. The number of hydrogen-bond donors (Lipinski definition) is 0. The van der Waals surface area contributed by atoms with E-state index >= 15 is 0 Å². The molecule has 0 aromatic heterocycles. The monoisotopic (exact) mass is 561 g/mol. The van der Waals surface area contributed by atoms with Gasteiger partial charge in [-0.3, -0.25) is 4.79 Å². The van der Waals surface area contributed by atoms with E-state index in [2.05, 4.69) is 0 Å². The summed E-state index contributed by atoms with van der Waals surface area (Å²) in [6, 6.07) is 16.5.